The van der Waals surface area contributed by atoms with Crippen LogP contribution in [0.15, 0.2) is 17.3 Å². The molecule has 4 atom stereocenters. The predicted octanol–water partition coefficient (Wildman–Crippen LogP) is -0.452. The number of carbonyl (C=O) groups excluding carboxylic acids is 11. The van der Waals surface area contributed by atoms with Crippen LogP contribution in [0, 0.1) is 5.92 Å². The van der Waals surface area contributed by atoms with Gasteiger partial charge in [-0.05, 0) is 50.5 Å². The molecule has 0 saturated carbocycles. The molecular weight excluding hydrogens is 1160 g/mol. The summed E-state index contributed by atoms with van der Waals surface area (Å²) in [6.45, 7) is 3.47. The van der Waals surface area contributed by atoms with Gasteiger partial charge in [0.1, 0.15) is 17.9 Å². The fourth-order valence-electron chi connectivity index (χ4n) is 8.10. The van der Waals surface area contributed by atoms with Crippen LogP contribution in [0.5, 0.6) is 0 Å². The fraction of sp³-hybridized carbons (Fsp3) is 0.764. The third-order valence-electron chi connectivity index (χ3n) is 12.8. The highest BCUT2D eigenvalue weighted by Crippen LogP contribution is 2.28. The fourth-order valence-corrected chi connectivity index (χ4v) is 9.36. The predicted molar refractivity (Wildman–Crippen MR) is 315 cm³/mol. The van der Waals surface area contributed by atoms with Gasteiger partial charge in [0.25, 0.3) is 0 Å². The van der Waals surface area contributed by atoms with Crippen LogP contribution < -0.4 is 43.4 Å². The molecule has 32 heteroatoms. The number of nitrogens with one attached hydrogen (secondary N) is 6. The van der Waals surface area contributed by atoms with Crippen LogP contribution >= 0.6 is 11.8 Å². The SMILES string of the molecule is [N-]=[N+]=NCCCCC(NC(=O)CCOCCNC(=O)C(CSC1CC(=O)N(CCC(=O)NCCOCCOCCOCCOCCOCCNC(=O)OC2CC/C=C/CCC2)C1=O)CC(=O)CCOCCNC(=O)CCC(=O)CNC(=O)CN)C(N)=O. The number of likely N-dealkylation sites (tertiary alicyclic amines) is 1. The van der Waals surface area contributed by atoms with Gasteiger partial charge in [-0.15, -0.1) is 11.8 Å². The lowest BCUT2D eigenvalue weighted by molar-refractivity contribution is -0.139. The summed E-state index contributed by atoms with van der Waals surface area (Å²) in [4.78, 5) is 141. The third kappa shape index (κ3) is 40.7. The first-order valence-electron chi connectivity index (χ1n) is 29.6. The van der Waals surface area contributed by atoms with Crippen molar-refractivity contribution in [3.8, 4) is 0 Å². The molecule has 10 N–H and O–H groups in total. The lowest BCUT2D eigenvalue weighted by Crippen LogP contribution is -2.44. The zero-order valence-electron chi connectivity index (χ0n) is 49.9. The maximum atomic E-state index is 13.5. The van der Waals surface area contributed by atoms with Gasteiger partial charge in [-0.1, -0.05) is 23.7 Å². The van der Waals surface area contributed by atoms with E-state index in [2.05, 4.69) is 54.1 Å². The molecule has 0 aromatic heterocycles. The minimum Gasteiger partial charge on any atom is -0.446 e. The normalized spacial score (nSPS) is 15.9. The summed E-state index contributed by atoms with van der Waals surface area (Å²) in [7, 11) is 0. The van der Waals surface area contributed by atoms with Gasteiger partial charge in [0, 0.05) is 94.9 Å². The smallest absolute Gasteiger partial charge is 0.407 e. The summed E-state index contributed by atoms with van der Waals surface area (Å²) < 4.78 is 44.0. The lowest BCUT2D eigenvalue weighted by atomic mass is 10.0. The Hall–Kier alpha value is -6.35. The standard InChI is InChI=1S/C55H92N12O19S/c56-38-50(73)63-39-43(69)11-12-47(70)59-17-24-79-22-14-42(68)36-41(53(76)61-19-26-80-23-15-49(72)65-45(52(57)75)10-6-7-16-64-66-58)40-87-46-37-51(74)67(54(46)77)21-13-48(71)60-18-25-81-28-30-83-32-34-85-35-33-84-31-29-82-27-20-62-55(78)86-44-8-4-2-1-3-5-9-44/h1-2,41,44-46H,3-40,56H2,(H2,57,75)(H,59,70)(H,60,71)(H,61,76)(H,62,78)(H,63,73)(H,65,72)/b2-1+. The minimum atomic E-state index is -0.948. The Morgan fingerprint density at radius 3 is 1.84 bits per heavy atom. The maximum absolute atomic E-state index is 13.5. The molecule has 1 aliphatic carbocycles. The van der Waals surface area contributed by atoms with E-state index in [0.29, 0.717) is 72.2 Å². The molecule has 31 nitrogen and oxygen atoms in total. The minimum absolute atomic E-state index is 0.00865. The van der Waals surface area contributed by atoms with Crippen LogP contribution in [0.1, 0.15) is 96.3 Å². The summed E-state index contributed by atoms with van der Waals surface area (Å²) in [5, 5.41) is 18.1. The number of imide groups is 1. The number of thioether (sulfide) groups is 1. The quantitative estimate of drug-likeness (QED) is 0.00954. The second kappa shape index (κ2) is 50.6. The number of unbranched alkanes of at least 4 members (excludes halogenated alkanes) is 1. The highest BCUT2D eigenvalue weighted by atomic mass is 32.2. The number of allylic oxidation sites excluding steroid dienone is 2. The number of rotatable bonds is 53. The highest BCUT2D eigenvalue weighted by molar-refractivity contribution is 8.00. The summed E-state index contributed by atoms with van der Waals surface area (Å²) in [5.41, 5.74) is 19.0. The molecule has 4 unspecified atom stereocenters. The Balaban J connectivity index is 1.66. The van der Waals surface area contributed by atoms with Gasteiger partial charge in [0.2, 0.25) is 47.3 Å². The maximum Gasteiger partial charge on any atom is 0.407 e. The summed E-state index contributed by atoms with van der Waals surface area (Å²) in [6, 6.07) is -0.917. The van der Waals surface area contributed by atoms with E-state index in [-0.39, 0.29) is 160 Å². The van der Waals surface area contributed by atoms with Crippen LogP contribution in [0.25, 0.3) is 10.4 Å². The summed E-state index contributed by atoms with van der Waals surface area (Å²) in [6.07, 6.45) is 8.74. The van der Waals surface area contributed by atoms with E-state index < -0.39 is 70.6 Å². The summed E-state index contributed by atoms with van der Waals surface area (Å²) >= 11 is 1.04. The van der Waals surface area contributed by atoms with E-state index in [1.54, 1.807) is 0 Å². The molecule has 0 spiro atoms. The summed E-state index contributed by atoms with van der Waals surface area (Å²) in [5.74, 6) is -5.71. The van der Waals surface area contributed by atoms with Crippen LogP contribution in [-0.2, 0) is 85.8 Å². The molecule has 0 radical (unpaired) electrons. The number of nitrogens with zero attached hydrogens (tertiary/aromatic N) is 4. The van der Waals surface area contributed by atoms with Gasteiger partial charge in [-0.3, -0.25) is 52.8 Å². The number of nitrogens with two attached hydrogens (primary N) is 2. The van der Waals surface area contributed by atoms with E-state index in [9.17, 15) is 52.7 Å². The van der Waals surface area contributed by atoms with E-state index in [4.69, 9.17) is 54.9 Å². The Labute approximate surface area is 511 Å². The molecule has 0 bridgehead atoms. The number of alkyl carbamates (subject to hydrolysis) is 1. The molecule has 0 aromatic rings. The number of amides is 9. The first-order chi connectivity index (χ1) is 42.1. The Bertz CT molecular complexity index is 2180. The van der Waals surface area contributed by atoms with Crippen LogP contribution in [-0.4, -0.2) is 238 Å². The largest absolute Gasteiger partial charge is 0.446 e. The molecule has 9 amide bonds. The number of hydrogen-bond acceptors (Lipinski definition) is 22. The van der Waals surface area contributed by atoms with E-state index in [1.807, 2.05) is 0 Å². The van der Waals surface area contributed by atoms with Crippen molar-refractivity contribution in [3.05, 3.63) is 22.6 Å². The third-order valence-corrected chi connectivity index (χ3v) is 14.2. The van der Waals surface area contributed by atoms with Crippen molar-refractivity contribution in [2.75, 3.05) is 151 Å². The molecule has 1 aliphatic heterocycles. The van der Waals surface area contributed by atoms with Gasteiger partial charge >= 0.3 is 6.09 Å². The zero-order chi connectivity index (χ0) is 63.5. The Kier molecular flexibility index (Phi) is 44.7. The highest BCUT2D eigenvalue weighted by Gasteiger charge is 2.39. The number of carbonyl (C=O) groups is 11. The second-order valence-electron chi connectivity index (χ2n) is 19.8. The van der Waals surface area contributed by atoms with E-state index in [0.717, 1.165) is 48.8 Å². The molecular formula is C55H92N12O19S. The average Bonchev–Trinajstić information content (AvgIpc) is 2.83. The Morgan fingerprint density at radius 1 is 0.644 bits per heavy atom. The molecule has 1 heterocycles. The van der Waals surface area contributed by atoms with Crippen molar-refractivity contribution in [2.45, 2.75) is 114 Å². The van der Waals surface area contributed by atoms with Crippen molar-refractivity contribution in [3.63, 3.8) is 0 Å². The first kappa shape index (κ1) is 76.7. The zero-order valence-corrected chi connectivity index (χ0v) is 50.8. The number of Topliss-reactive ketones (excluding diaryl/α,β-unsaturated/α-hetero) is 2. The van der Waals surface area contributed by atoms with Gasteiger partial charge < -0.3 is 81.3 Å². The van der Waals surface area contributed by atoms with Crippen LogP contribution in [0.4, 0.5) is 4.79 Å². The van der Waals surface area contributed by atoms with Gasteiger partial charge in [0.15, 0.2) is 5.78 Å². The number of ether oxygens (including phenoxy) is 8. The molecule has 1 fully saturated rings. The van der Waals surface area contributed by atoms with Crippen molar-refractivity contribution in [1.29, 1.82) is 0 Å². The van der Waals surface area contributed by atoms with Crippen molar-refractivity contribution < 1.29 is 90.6 Å². The Morgan fingerprint density at radius 2 is 1.22 bits per heavy atom. The number of ketones is 2. The molecule has 492 valence electrons. The molecule has 2 rings (SSSR count). The topological polar surface area (TPSA) is 438 Å². The number of azide groups is 1. The molecule has 87 heavy (non-hydrogen) atoms. The number of primary amides is 1. The molecule has 1 saturated heterocycles. The van der Waals surface area contributed by atoms with Gasteiger partial charge in [-0.25, -0.2) is 4.79 Å². The van der Waals surface area contributed by atoms with Gasteiger partial charge in [0.05, 0.1) is 117 Å². The first-order valence-corrected chi connectivity index (χ1v) is 30.7. The van der Waals surface area contributed by atoms with E-state index in [1.165, 1.54) is 0 Å². The van der Waals surface area contributed by atoms with Crippen LogP contribution in [0.2, 0.25) is 0 Å². The average molecular weight is 1260 g/mol. The molecule has 2 aliphatic rings. The van der Waals surface area contributed by atoms with Gasteiger partial charge in [-0.2, -0.15) is 0 Å². The van der Waals surface area contributed by atoms with Crippen molar-refractivity contribution in [1.82, 2.24) is 36.8 Å². The lowest BCUT2D eigenvalue weighted by Gasteiger charge is -2.18. The van der Waals surface area contributed by atoms with Crippen molar-refractivity contribution in [2.24, 2.45) is 22.5 Å². The number of hydrogen-bond donors (Lipinski definition) is 8. The van der Waals surface area contributed by atoms with Crippen LogP contribution in [0.3, 0.4) is 0 Å². The van der Waals surface area contributed by atoms with Crippen molar-refractivity contribution >= 4 is 76.7 Å². The molecule has 0 aromatic carbocycles. The monoisotopic (exact) mass is 1260 g/mol. The second-order valence-corrected chi connectivity index (χ2v) is 21.0. The van der Waals surface area contributed by atoms with E-state index >= 15 is 0 Å².